The summed E-state index contributed by atoms with van der Waals surface area (Å²) in [5, 5.41) is 0.375. The highest BCUT2D eigenvalue weighted by atomic mass is 35.5. The number of rotatable bonds is 1. The van der Waals surface area contributed by atoms with Gasteiger partial charge in [-0.1, -0.05) is 23.2 Å². The molecule has 1 aliphatic rings. The molecule has 5 nitrogen and oxygen atoms in total. The van der Waals surface area contributed by atoms with Crippen molar-refractivity contribution in [3.8, 4) is 0 Å². The Kier molecular flexibility index (Phi) is 4.03. The summed E-state index contributed by atoms with van der Waals surface area (Å²) >= 11 is 11.7. The summed E-state index contributed by atoms with van der Waals surface area (Å²) in [4.78, 5) is 17.7. The monoisotopic (exact) mass is 322 g/mol. The number of nitrogens with zero attached hydrogens (tertiary/aromatic N) is 2. The van der Waals surface area contributed by atoms with Crippen LogP contribution in [-0.4, -0.2) is 48.3 Å². The van der Waals surface area contributed by atoms with Crippen molar-refractivity contribution in [2.75, 3.05) is 18.1 Å². The first-order valence-electron chi connectivity index (χ1n) is 5.63. The smallest absolute Gasteiger partial charge is 0.274 e. The molecule has 1 aliphatic heterocycles. The van der Waals surface area contributed by atoms with Crippen molar-refractivity contribution < 1.29 is 13.2 Å². The standard InChI is InChI=1S/C11H12Cl2N2O3S/c1-7-6-19(17,18)5-4-15(7)11(16)10-8(12)2-3-9(13)14-10/h2-3,7H,4-6H2,1H3. The van der Waals surface area contributed by atoms with Crippen molar-refractivity contribution in [3.63, 3.8) is 0 Å². The first-order valence-corrected chi connectivity index (χ1v) is 8.21. The van der Waals surface area contributed by atoms with E-state index in [0.29, 0.717) is 0 Å². The Bertz CT molecular complexity index is 618. The number of carbonyl (C=O) groups excluding carboxylic acids is 1. The number of amides is 1. The third-order valence-corrected chi connectivity index (χ3v) is 5.26. The average Bonchev–Trinajstić information content (AvgIpc) is 2.30. The summed E-state index contributed by atoms with van der Waals surface area (Å²) in [6, 6.07) is 2.59. The predicted octanol–water partition coefficient (Wildman–Crippen LogP) is 1.65. The number of pyridine rings is 1. The number of aromatic nitrogens is 1. The lowest BCUT2D eigenvalue weighted by Gasteiger charge is -2.33. The van der Waals surface area contributed by atoms with Crippen LogP contribution >= 0.6 is 23.2 Å². The van der Waals surface area contributed by atoms with Crippen LogP contribution in [0.2, 0.25) is 10.2 Å². The molecule has 0 bridgehead atoms. The van der Waals surface area contributed by atoms with Crippen LogP contribution in [0, 0.1) is 0 Å². The molecule has 0 N–H and O–H groups in total. The Labute approximate surface area is 121 Å². The zero-order chi connectivity index (χ0) is 14.2. The Balaban J connectivity index is 2.27. The van der Waals surface area contributed by atoms with Crippen LogP contribution in [0.25, 0.3) is 0 Å². The van der Waals surface area contributed by atoms with Crippen molar-refractivity contribution in [2.45, 2.75) is 13.0 Å². The maximum absolute atomic E-state index is 12.3. The van der Waals surface area contributed by atoms with Gasteiger partial charge in [-0.2, -0.15) is 0 Å². The molecule has 0 aliphatic carbocycles. The van der Waals surface area contributed by atoms with E-state index in [0.717, 1.165) is 0 Å². The maximum atomic E-state index is 12.3. The van der Waals surface area contributed by atoms with Crippen molar-refractivity contribution in [3.05, 3.63) is 28.0 Å². The molecule has 104 valence electrons. The second kappa shape index (κ2) is 5.26. The van der Waals surface area contributed by atoms with Gasteiger partial charge in [-0.25, -0.2) is 13.4 Å². The highest BCUT2D eigenvalue weighted by Gasteiger charge is 2.33. The van der Waals surface area contributed by atoms with Gasteiger partial charge in [0.1, 0.15) is 10.8 Å². The van der Waals surface area contributed by atoms with E-state index in [4.69, 9.17) is 23.2 Å². The number of halogens is 2. The molecule has 2 heterocycles. The summed E-state index contributed by atoms with van der Waals surface area (Å²) in [5.41, 5.74) is 0.0558. The van der Waals surface area contributed by atoms with Gasteiger partial charge in [0, 0.05) is 12.6 Å². The molecule has 1 saturated heterocycles. The van der Waals surface area contributed by atoms with Gasteiger partial charge in [0.2, 0.25) is 0 Å². The molecule has 19 heavy (non-hydrogen) atoms. The molecule has 0 radical (unpaired) electrons. The van der Waals surface area contributed by atoms with Gasteiger partial charge < -0.3 is 4.90 Å². The van der Waals surface area contributed by atoms with E-state index in [1.807, 2.05) is 0 Å². The van der Waals surface area contributed by atoms with E-state index in [-0.39, 0.29) is 33.9 Å². The van der Waals surface area contributed by atoms with Gasteiger partial charge in [-0.3, -0.25) is 4.79 Å². The lowest BCUT2D eigenvalue weighted by atomic mass is 10.2. The zero-order valence-corrected chi connectivity index (χ0v) is 12.5. The number of carbonyl (C=O) groups is 1. The number of hydrogen-bond acceptors (Lipinski definition) is 4. The van der Waals surface area contributed by atoms with E-state index in [1.54, 1.807) is 6.92 Å². The third kappa shape index (κ3) is 3.19. The second-order valence-corrected chi connectivity index (χ2v) is 7.45. The minimum absolute atomic E-state index is 0.0404. The van der Waals surface area contributed by atoms with Crippen LogP contribution in [0.4, 0.5) is 0 Å². The Morgan fingerprint density at radius 1 is 1.42 bits per heavy atom. The fourth-order valence-electron chi connectivity index (χ4n) is 2.00. The molecule has 1 unspecified atom stereocenters. The van der Waals surface area contributed by atoms with E-state index >= 15 is 0 Å². The Morgan fingerprint density at radius 2 is 2.11 bits per heavy atom. The molecule has 0 saturated carbocycles. The third-order valence-electron chi connectivity index (χ3n) is 2.95. The Hall–Kier alpha value is -0.850. The molecule has 2 rings (SSSR count). The minimum atomic E-state index is -3.07. The largest absolute Gasteiger partial charge is 0.333 e. The first-order chi connectivity index (χ1) is 8.80. The van der Waals surface area contributed by atoms with Crippen LogP contribution in [0.5, 0.6) is 0 Å². The second-order valence-electron chi connectivity index (χ2n) is 4.43. The normalized spacial score (nSPS) is 22.3. The van der Waals surface area contributed by atoms with E-state index in [2.05, 4.69) is 4.98 Å². The van der Waals surface area contributed by atoms with Gasteiger partial charge >= 0.3 is 0 Å². The molecule has 1 aromatic heterocycles. The van der Waals surface area contributed by atoms with Gasteiger partial charge in [-0.05, 0) is 19.1 Å². The molecule has 1 aromatic rings. The highest BCUT2D eigenvalue weighted by Crippen LogP contribution is 2.21. The molecular weight excluding hydrogens is 311 g/mol. The minimum Gasteiger partial charge on any atom is -0.333 e. The van der Waals surface area contributed by atoms with E-state index in [9.17, 15) is 13.2 Å². The average molecular weight is 323 g/mol. The quantitative estimate of drug-likeness (QED) is 0.737. The molecule has 0 spiro atoms. The van der Waals surface area contributed by atoms with Gasteiger partial charge in [0.25, 0.3) is 5.91 Å². The molecule has 1 amide bonds. The van der Waals surface area contributed by atoms with Gasteiger partial charge in [-0.15, -0.1) is 0 Å². The SMILES string of the molecule is CC1CS(=O)(=O)CCN1C(=O)c1nc(Cl)ccc1Cl. The maximum Gasteiger partial charge on any atom is 0.274 e. The van der Waals surface area contributed by atoms with E-state index < -0.39 is 21.8 Å². The number of hydrogen-bond donors (Lipinski definition) is 0. The molecule has 0 aromatic carbocycles. The van der Waals surface area contributed by atoms with Crippen molar-refractivity contribution in [2.24, 2.45) is 0 Å². The first kappa shape index (κ1) is 14.6. The van der Waals surface area contributed by atoms with Crippen LogP contribution in [0.1, 0.15) is 17.4 Å². The Morgan fingerprint density at radius 3 is 2.74 bits per heavy atom. The lowest BCUT2D eigenvalue weighted by molar-refractivity contribution is 0.0707. The fourth-order valence-corrected chi connectivity index (χ4v) is 3.89. The summed E-state index contributed by atoms with van der Waals surface area (Å²) < 4.78 is 23.0. The van der Waals surface area contributed by atoms with Crippen molar-refractivity contribution in [1.82, 2.24) is 9.88 Å². The molecule has 1 fully saturated rings. The number of sulfone groups is 1. The zero-order valence-electron chi connectivity index (χ0n) is 10.1. The summed E-state index contributed by atoms with van der Waals surface area (Å²) in [6.45, 7) is 1.83. The summed E-state index contributed by atoms with van der Waals surface area (Å²) in [5.74, 6) is -0.479. The van der Waals surface area contributed by atoms with Crippen LogP contribution in [0.3, 0.4) is 0 Å². The van der Waals surface area contributed by atoms with Crippen molar-refractivity contribution >= 4 is 38.9 Å². The van der Waals surface area contributed by atoms with Gasteiger partial charge in [0.15, 0.2) is 9.84 Å². The fraction of sp³-hybridized carbons (Fsp3) is 0.455. The van der Waals surface area contributed by atoms with Crippen LogP contribution in [-0.2, 0) is 9.84 Å². The van der Waals surface area contributed by atoms with Crippen LogP contribution < -0.4 is 0 Å². The van der Waals surface area contributed by atoms with Gasteiger partial charge in [0.05, 0.1) is 16.5 Å². The summed E-state index contributed by atoms with van der Waals surface area (Å²) in [6.07, 6.45) is 0. The molecular formula is C11H12Cl2N2O3S. The highest BCUT2D eigenvalue weighted by molar-refractivity contribution is 7.91. The van der Waals surface area contributed by atoms with Crippen molar-refractivity contribution in [1.29, 1.82) is 0 Å². The van der Waals surface area contributed by atoms with E-state index in [1.165, 1.54) is 17.0 Å². The molecule has 8 heteroatoms. The summed E-state index contributed by atoms with van der Waals surface area (Å²) in [7, 11) is -3.07. The predicted molar refractivity (Wildman–Crippen MR) is 73.4 cm³/mol. The molecule has 1 atom stereocenters. The topological polar surface area (TPSA) is 67.3 Å². The van der Waals surface area contributed by atoms with Crippen LogP contribution in [0.15, 0.2) is 12.1 Å². The lowest BCUT2D eigenvalue weighted by Crippen LogP contribution is -2.50.